The quantitative estimate of drug-likeness (QED) is 0.407. The van der Waals surface area contributed by atoms with Crippen LogP contribution < -0.4 is 19.5 Å². The Hall–Kier alpha value is -4.38. The fourth-order valence-electron chi connectivity index (χ4n) is 3.49. The van der Waals surface area contributed by atoms with Crippen molar-refractivity contribution in [1.29, 1.82) is 0 Å². The summed E-state index contributed by atoms with van der Waals surface area (Å²) in [7, 11) is -3.84. The monoisotopic (exact) mass is 491 g/mol. The fraction of sp³-hybridized carbons (Fsp3) is 0.125. The van der Waals surface area contributed by atoms with Crippen LogP contribution >= 0.6 is 0 Å². The van der Waals surface area contributed by atoms with Crippen LogP contribution in [0.3, 0.4) is 0 Å². The van der Waals surface area contributed by atoms with E-state index in [0.29, 0.717) is 42.5 Å². The number of ether oxygens (including phenoxy) is 2. The van der Waals surface area contributed by atoms with Gasteiger partial charge in [-0.15, -0.1) is 0 Å². The summed E-state index contributed by atoms with van der Waals surface area (Å²) in [5.74, 6) is 0.627. The Morgan fingerprint density at radius 3 is 2.40 bits per heavy atom. The second-order valence-corrected chi connectivity index (χ2v) is 9.36. The minimum Gasteiger partial charge on any atom is -0.486 e. The van der Waals surface area contributed by atoms with Gasteiger partial charge < -0.3 is 14.8 Å². The van der Waals surface area contributed by atoms with Gasteiger partial charge in [0.15, 0.2) is 11.5 Å². The largest absolute Gasteiger partial charge is 0.486 e. The molecular weight excluding hydrogens is 470 g/mol. The smallest absolute Gasteiger partial charge is 0.262 e. The molecule has 178 valence electrons. The Morgan fingerprint density at radius 2 is 1.69 bits per heavy atom. The SMILES string of the molecule is O=C(NCc1ccc(-n2cncn2)cc1)c1ccc(NS(=O)(=O)c2ccc3c(c2)OCCO3)cc1. The van der Waals surface area contributed by atoms with Gasteiger partial charge in [0.1, 0.15) is 25.9 Å². The van der Waals surface area contributed by atoms with Crippen molar-refractivity contribution in [2.24, 2.45) is 0 Å². The maximum Gasteiger partial charge on any atom is 0.262 e. The zero-order valence-corrected chi connectivity index (χ0v) is 19.2. The van der Waals surface area contributed by atoms with Crippen molar-refractivity contribution in [3.05, 3.63) is 90.5 Å². The number of carbonyl (C=O) groups excluding carboxylic acids is 1. The van der Waals surface area contributed by atoms with Crippen LogP contribution in [0.5, 0.6) is 11.5 Å². The van der Waals surface area contributed by atoms with Gasteiger partial charge in [0.2, 0.25) is 0 Å². The number of carbonyl (C=O) groups is 1. The summed E-state index contributed by atoms with van der Waals surface area (Å²) in [6.45, 7) is 1.13. The molecule has 0 fully saturated rings. The first-order valence-electron chi connectivity index (χ1n) is 10.7. The number of fused-ring (bicyclic) bond motifs is 1. The molecule has 3 aromatic carbocycles. The van der Waals surface area contributed by atoms with E-state index in [-0.39, 0.29) is 10.8 Å². The number of sulfonamides is 1. The highest BCUT2D eigenvalue weighted by molar-refractivity contribution is 7.92. The number of nitrogens with one attached hydrogen (secondary N) is 2. The van der Waals surface area contributed by atoms with Crippen LogP contribution in [-0.4, -0.2) is 42.3 Å². The molecule has 11 heteroatoms. The summed E-state index contributed by atoms with van der Waals surface area (Å²) < 4.78 is 40.6. The lowest BCUT2D eigenvalue weighted by Crippen LogP contribution is -2.22. The average Bonchev–Trinajstić information content (AvgIpc) is 3.43. The van der Waals surface area contributed by atoms with E-state index in [1.807, 2.05) is 24.3 Å². The van der Waals surface area contributed by atoms with Crippen molar-refractivity contribution in [3.8, 4) is 17.2 Å². The van der Waals surface area contributed by atoms with Gasteiger partial charge in [-0.25, -0.2) is 18.1 Å². The number of amides is 1. The second-order valence-electron chi connectivity index (χ2n) is 7.68. The molecule has 1 amide bonds. The van der Waals surface area contributed by atoms with Crippen molar-refractivity contribution in [2.45, 2.75) is 11.4 Å². The van der Waals surface area contributed by atoms with Gasteiger partial charge in [-0.1, -0.05) is 12.1 Å². The van der Waals surface area contributed by atoms with Crippen LogP contribution in [0.1, 0.15) is 15.9 Å². The highest BCUT2D eigenvalue weighted by Gasteiger charge is 2.19. The molecule has 2 heterocycles. The van der Waals surface area contributed by atoms with E-state index in [2.05, 4.69) is 20.1 Å². The Morgan fingerprint density at radius 1 is 0.943 bits per heavy atom. The molecule has 5 rings (SSSR count). The molecular formula is C24H21N5O5S. The minimum atomic E-state index is -3.84. The van der Waals surface area contributed by atoms with E-state index < -0.39 is 10.0 Å². The molecule has 0 spiro atoms. The lowest BCUT2D eigenvalue weighted by molar-refractivity contribution is 0.0951. The molecule has 1 aliphatic heterocycles. The van der Waals surface area contributed by atoms with Gasteiger partial charge in [-0.2, -0.15) is 5.10 Å². The average molecular weight is 492 g/mol. The lowest BCUT2D eigenvalue weighted by Gasteiger charge is -2.19. The van der Waals surface area contributed by atoms with Crippen LogP contribution in [0.4, 0.5) is 5.69 Å². The number of benzene rings is 3. The summed E-state index contributed by atoms with van der Waals surface area (Å²) in [6.07, 6.45) is 3.07. The Bertz CT molecular complexity index is 1440. The number of rotatable bonds is 7. The molecule has 0 saturated carbocycles. The topological polar surface area (TPSA) is 124 Å². The van der Waals surface area contributed by atoms with Crippen molar-refractivity contribution >= 4 is 21.6 Å². The van der Waals surface area contributed by atoms with Crippen LogP contribution in [0, 0.1) is 0 Å². The molecule has 0 unspecified atom stereocenters. The van der Waals surface area contributed by atoms with E-state index in [1.54, 1.807) is 29.2 Å². The number of anilines is 1. The summed E-state index contributed by atoms with van der Waals surface area (Å²) in [5.41, 5.74) is 2.53. The molecule has 2 N–H and O–H groups in total. The van der Waals surface area contributed by atoms with Crippen LogP contribution in [0.25, 0.3) is 5.69 Å². The molecule has 1 aliphatic rings. The molecule has 10 nitrogen and oxygen atoms in total. The molecule has 0 saturated heterocycles. The van der Waals surface area contributed by atoms with Gasteiger partial charge in [-0.05, 0) is 54.1 Å². The summed E-state index contributed by atoms with van der Waals surface area (Å²) >= 11 is 0. The Balaban J connectivity index is 1.19. The molecule has 1 aromatic heterocycles. The Kier molecular flexibility index (Phi) is 6.06. The van der Waals surface area contributed by atoms with E-state index in [0.717, 1.165) is 11.3 Å². The molecule has 35 heavy (non-hydrogen) atoms. The van der Waals surface area contributed by atoms with Crippen LogP contribution in [0.15, 0.2) is 84.3 Å². The van der Waals surface area contributed by atoms with Gasteiger partial charge >= 0.3 is 0 Å². The van der Waals surface area contributed by atoms with Gasteiger partial charge in [0.05, 0.1) is 10.6 Å². The molecule has 0 bridgehead atoms. The van der Waals surface area contributed by atoms with Gasteiger partial charge in [0, 0.05) is 23.9 Å². The number of hydrogen-bond acceptors (Lipinski definition) is 7. The summed E-state index contributed by atoms with van der Waals surface area (Å²) in [5, 5.41) is 6.93. The third-order valence-electron chi connectivity index (χ3n) is 5.30. The first-order valence-corrected chi connectivity index (χ1v) is 12.2. The van der Waals surface area contributed by atoms with Crippen molar-refractivity contribution in [1.82, 2.24) is 20.1 Å². The fourth-order valence-corrected chi connectivity index (χ4v) is 4.56. The predicted molar refractivity (Wildman–Crippen MR) is 127 cm³/mol. The third-order valence-corrected chi connectivity index (χ3v) is 6.67. The van der Waals surface area contributed by atoms with E-state index in [4.69, 9.17) is 9.47 Å². The van der Waals surface area contributed by atoms with E-state index >= 15 is 0 Å². The maximum atomic E-state index is 12.8. The zero-order chi connectivity index (χ0) is 24.3. The first-order chi connectivity index (χ1) is 17.0. The number of hydrogen-bond donors (Lipinski definition) is 2. The summed E-state index contributed by atoms with van der Waals surface area (Å²) in [4.78, 5) is 16.5. The van der Waals surface area contributed by atoms with Crippen molar-refractivity contribution in [3.63, 3.8) is 0 Å². The van der Waals surface area contributed by atoms with Crippen LogP contribution in [0.2, 0.25) is 0 Å². The highest BCUT2D eigenvalue weighted by Crippen LogP contribution is 2.32. The van der Waals surface area contributed by atoms with E-state index in [1.165, 1.54) is 30.6 Å². The predicted octanol–water partition coefficient (Wildman–Crippen LogP) is 2.77. The minimum absolute atomic E-state index is 0.0541. The lowest BCUT2D eigenvalue weighted by atomic mass is 10.1. The van der Waals surface area contributed by atoms with Gasteiger partial charge in [0.25, 0.3) is 15.9 Å². The second kappa shape index (κ2) is 9.47. The van der Waals surface area contributed by atoms with Crippen molar-refractivity contribution in [2.75, 3.05) is 17.9 Å². The summed E-state index contributed by atoms with van der Waals surface area (Å²) in [6, 6.07) is 18.2. The standard InChI is InChI=1S/C24H21N5O5S/c30-24(26-14-17-1-7-20(8-2-17)29-16-25-15-27-29)18-3-5-19(6-4-18)28-35(31,32)21-9-10-22-23(13-21)34-12-11-33-22/h1-10,13,15-16,28H,11-12,14H2,(H,26,30). The van der Waals surface area contributed by atoms with Crippen molar-refractivity contribution < 1.29 is 22.7 Å². The number of aromatic nitrogens is 3. The Labute approximate surface area is 201 Å². The molecule has 4 aromatic rings. The normalized spacial score (nSPS) is 12.7. The maximum absolute atomic E-state index is 12.8. The first kappa shape index (κ1) is 22.4. The van der Waals surface area contributed by atoms with E-state index in [9.17, 15) is 13.2 Å². The third kappa shape index (κ3) is 5.09. The van der Waals surface area contributed by atoms with Crippen LogP contribution in [-0.2, 0) is 16.6 Å². The molecule has 0 atom stereocenters. The highest BCUT2D eigenvalue weighted by atomic mass is 32.2. The number of nitrogens with zero attached hydrogens (tertiary/aromatic N) is 3. The molecule has 0 aliphatic carbocycles. The zero-order valence-electron chi connectivity index (χ0n) is 18.4. The van der Waals surface area contributed by atoms with Gasteiger partial charge in [-0.3, -0.25) is 9.52 Å². The molecule has 0 radical (unpaired) electrons.